The number of hydrogen-bond acceptors (Lipinski definition) is 5. The molecule has 1 heterocycles. The zero-order chi connectivity index (χ0) is 21.3. The second-order valence-corrected chi connectivity index (χ2v) is 6.41. The number of alkyl halides is 3. The molecule has 0 atom stereocenters. The van der Waals surface area contributed by atoms with E-state index in [4.69, 9.17) is 0 Å². The maximum atomic E-state index is 12.9. The van der Waals surface area contributed by atoms with Gasteiger partial charge in [0.15, 0.2) is 11.6 Å². The molecule has 2 aromatic carbocycles. The Morgan fingerprint density at radius 3 is 2.37 bits per heavy atom. The molecule has 6 nitrogen and oxygen atoms in total. The van der Waals surface area contributed by atoms with E-state index in [1.54, 1.807) is 42.5 Å². The van der Waals surface area contributed by atoms with Crippen LogP contribution in [-0.2, 0) is 4.79 Å². The minimum atomic E-state index is -4.81. The molecule has 0 saturated carbocycles. The number of anilines is 1. The third-order valence-electron chi connectivity index (χ3n) is 4.38. The van der Waals surface area contributed by atoms with Gasteiger partial charge in [-0.3, -0.25) is 9.59 Å². The van der Waals surface area contributed by atoms with Crippen molar-refractivity contribution >= 4 is 22.4 Å². The third-order valence-corrected chi connectivity index (χ3v) is 4.38. The summed E-state index contributed by atoms with van der Waals surface area (Å²) in [4.78, 5) is 25.0. The number of benzene rings is 2. The van der Waals surface area contributed by atoms with Crippen LogP contribution in [0.2, 0.25) is 0 Å². The minimum absolute atomic E-state index is 0.130. The van der Waals surface area contributed by atoms with E-state index < -0.39 is 17.7 Å². The molecule has 4 rings (SSSR count). The molecule has 1 aliphatic rings. The lowest BCUT2D eigenvalue weighted by Crippen LogP contribution is -2.24. The number of rotatable bonds is 4. The summed E-state index contributed by atoms with van der Waals surface area (Å²) in [6, 6.07) is 11.5. The highest BCUT2D eigenvalue weighted by atomic mass is 19.4. The zero-order valence-electron chi connectivity index (χ0n) is 15.3. The quantitative estimate of drug-likeness (QED) is 0.697. The van der Waals surface area contributed by atoms with Crippen LogP contribution in [0.4, 0.5) is 19.0 Å². The highest BCUT2D eigenvalue weighted by Crippen LogP contribution is 2.25. The van der Waals surface area contributed by atoms with Gasteiger partial charge >= 0.3 is 6.36 Å². The van der Waals surface area contributed by atoms with Gasteiger partial charge in [0.1, 0.15) is 5.75 Å². The van der Waals surface area contributed by atoms with Crippen molar-refractivity contribution in [3.8, 4) is 11.4 Å². The van der Waals surface area contributed by atoms with Crippen molar-refractivity contribution in [2.24, 2.45) is 0 Å². The number of carbonyl (C=O) groups excluding carboxylic acids is 1. The Kier molecular flexibility index (Phi) is 4.86. The monoisotopic (exact) mass is 413 g/mol. The van der Waals surface area contributed by atoms with Crippen molar-refractivity contribution in [3.63, 3.8) is 0 Å². The lowest BCUT2D eigenvalue weighted by atomic mass is 10.1. The van der Waals surface area contributed by atoms with Crippen LogP contribution >= 0.6 is 0 Å². The van der Waals surface area contributed by atoms with Crippen molar-refractivity contribution in [3.05, 3.63) is 82.8 Å². The maximum Gasteiger partial charge on any atom is 0.573 e. The first-order chi connectivity index (χ1) is 14.3. The van der Waals surface area contributed by atoms with Gasteiger partial charge in [-0.1, -0.05) is 30.4 Å². The van der Waals surface area contributed by atoms with E-state index in [0.717, 1.165) is 16.8 Å². The molecule has 0 spiro atoms. The summed E-state index contributed by atoms with van der Waals surface area (Å²) in [5.41, 5.74) is 0.117. The first-order valence-electron chi connectivity index (χ1n) is 8.87. The Labute approximate surface area is 167 Å². The number of Topliss-reactive ketones (excluding diaryl/α,β-unsaturated/α-hetero) is 1. The van der Waals surface area contributed by atoms with Gasteiger partial charge in [-0.2, -0.15) is 4.68 Å². The van der Waals surface area contributed by atoms with Gasteiger partial charge < -0.3 is 10.1 Å². The van der Waals surface area contributed by atoms with Gasteiger partial charge in [0.2, 0.25) is 0 Å². The number of nitrogens with one attached hydrogen (secondary N) is 1. The SMILES string of the molecule is O=C1CC=CC=C1Nc1nn(-c2ccc(OC(F)(F)F)cc2)c(=O)c2ccccc12. The molecule has 0 fully saturated rings. The van der Waals surface area contributed by atoms with Gasteiger partial charge in [-0.05, 0) is 36.4 Å². The molecular formula is C21H14F3N3O3. The Balaban J connectivity index is 1.80. The summed E-state index contributed by atoms with van der Waals surface area (Å²) >= 11 is 0. The highest BCUT2D eigenvalue weighted by Gasteiger charge is 2.31. The van der Waals surface area contributed by atoms with Crippen LogP contribution in [0.1, 0.15) is 6.42 Å². The molecule has 0 radical (unpaired) electrons. The van der Waals surface area contributed by atoms with Gasteiger partial charge in [0, 0.05) is 11.8 Å². The number of fused-ring (bicyclic) bond motifs is 1. The first-order valence-corrected chi connectivity index (χ1v) is 8.87. The van der Waals surface area contributed by atoms with Crippen LogP contribution in [0, 0.1) is 0 Å². The average molecular weight is 413 g/mol. The largest absolute Gasteiger partial charge is 0.573 e. The molecule has 152 valence electrons. The molecule has 9 heteroatoms. The van der Waals surface area contributed by atoms with Gasteiger partial charge in [0.05, 0.1) is 16.8 Å². The number of ketones is 1. The summed E-state index contributed by atoms with van der Waals surface area (Å²) < 4.78 is 42.0. The molecule has 1 aliphatic carbocycles. The molecule has 0 aliphatic heterocycles. The van der Waals surface area contributed by atoms with E-state index in [1.807, 2.05) is 0 Å². The predicted molar refractivity (Wildman–Crippen MR) is 104 cm³/mol. The Morgan fingerprint density at radius 1 is 1.00 bits per heavy atom. The number of carbonyl (C=O) groups is 1. The average Bonchev–Trinajstić information content (AvgIpc) is 2.71. The van der Waals surface area contributed by atoms with Crippen LogP contribution in [0.25, 0.3) is 16.5 Å². The molecule has 0 bridgehead atoms. The van der Waals surface area contributed by atoms with Crippen molar-refractivity contribution < 1.29 is 22.7 Å². The number of nitrogens with zero attached hydrogens (tertiary/aromatic N) is 2. The smallest absolute Gasteiger partial charge is 0.406 e. The fourth-order valence-electron chi connectivity index (χ4n) is 3.03. The van der Waals surface area contributed by atoms with E-state index in [1.165, 1.54) is 12.1 Å². The number of halogens is 3. The lowest BCUT2D eigenvalue weighted by molar-refractivity contribution is -0.274. The standard InChI is InChI=1S/C21H14F3N3O3/c22-21(23,24)30-14-11-9-13(10-12-14)27-20(29)16-6-2-1-5-15(16)19(26-27)25-17-7-3-4-8-18(17)28/h1-7,9-12H,8H2,(H,25,26). The van der Waals surface area contributed by atoms with E-state index in [0.29, 0.717) is 16.5 Å². The maximum absolute atomic E-state index is 12.9. The van der Waals surface area contributed by atoms with Gasteiger partial charge in [0.25, 0.3) is 5.56 Å². The van der Waals surface area contributed by atoms with E-state index in [2.05, 4.69) is 15.2 Å². The zero-order valence-corrected chi connectivity index (χ0v) is 15.3. The molecule has 3 aromatic rings. The van der Waals surface area contributed by atoms with Crippen LogP contribution in [0.5, 0.6) is 5.75 Å². The summed E-state index contributed by atoms with van der Waals surface area (Å²) in [6.07, 6.45) is 0.509. The Hall–Kier alpha value is -3.88. The van der Waals surface area contributed by atoms with Crippen molar-refractivity contribution in [2.75, 3.05) is 5.32 Å². The Morgan fingerprint density at radius 2 is 1.70 bits per heavy atom. The van der Waals surface area contributed by atoms with Crippen LogP contribution in [0.3, 0.4) is 0 Å². The molecule has 0 saturated heterocycles. The number of allylic oxidation sites excluding steroid dienone is 4. The van der Waals surface area contributed by atoms with Crippen molar-refractivity contribution in [1.29, 1.82) is 0 Å². The molecule has 1 N–H and O–H groups in total. The van der Waals surface area contributed by atoms with Gasteiger partial charge in [-0.15, -0.1) is 18.3 Å². The second-order valence-electron chi connectivity index (χ2n) is 6.41. The van der Waals surface area contributed by atoms with Crippen molar-refractivity contribution in [2.45, 2.75) is 12.8 Å². The minimum Gasteiger partial charge on any atom is -0.406 e. The van der Waals surface area contributed by atoms with E-state index in [-0.39, 0.29) is 23.7 Å². The predicted octanol–water partition coefficient (Wildman–Crippen LogP) is 4.11. The number of aromatic nitrogens is 2. The summed E-state index contributed by atoms with van der Waals surface area (Å²) in [6.45, 7) is 0. The molecule has 0 unspecified atom stereocenters. The summed E-state index contributed by atoms with van der Waals surface area (Å²) in [5.74, 6) is -0.270. The number of ether oxygens (including phenoxy) is 1. The molecule has 0 amide bonds. The van der Waals surface area contributed by atoms with E-state index >= 15 is 0 Å². The molecule has 30 heavy (non-hydrogen) atoms. The molecule has 1 aromatic heterocycles. The second kappa shape index (κ2) is 7.51. The topological polar surface area (TPSA) is 73.2 Å². The highest BCUT2D eigenvalue weighted by molar-refractivity contribution is 6.02. The van der Waals surface area contributed by atoms with E-state index in [9.17, 15) is 22.8 Å². The fraction of sp³-hybridized carbons (Fsp3) is 0.0952. The summed E-state index contributed by atoms with van der Waals surface area (Å²) in [7, 11) is 0. The van der Waals surface area contributed by atoms with Gasteiger partial charge in [-0.25, -0.2) is 0 Å². The van der Waals surface area contributed by atoms with Crippen LogP contribution in [-0.4, -0.2) is 21.9 Å². The first kappa shape index (κ1) is 19.4. The van der Waals surface area contributed by atoms with Crippen LogP contribution < -0.4 is 15.6 Å². The Bertz CT molecular complexity index is 1240. The molecular weight excluding hydrogens is 399 g/mol. The fourth-order valence-corrected chi connectivity index (χ4v) is 3.03. The lowest BCUT2D eigenvalue weighted by Gasteiger charge is -2.15. The van der Waals surface area contributed by atoms with Crippen molar-refractivity contribution in [1.82, 2.24) is 9.78 Å². The third kappa shape index (κ3) is 3.95. The number of hydrogen-bond donors (Lipinski definition) is 1. The summed E-state index contributed by atoms with van der Waals surface area (Å²) in [5, 5.41) is 8.14. The van der Waals surface area contributed by atoms with Crippen LogP contribution in [0.15, 0.2) is 77.3 Å². The normalized spacial score (nSPS) is 14.0.